The van der Waals surface area contributed by atoms with Gasteiger partial charge in [-0.15, -0.1) is 12.4 Å². The number of benzene rings is 1. The van der Waals surface area contributed by atoms with Crippen molar-refractivity contribution in [3.8, 4) is 0 Å². The third-order valence-electron chi connectivity index (χ3n) is 11.2. The van der Waals surface area contributed by atoms with Crippen molar-refractivity contribution < 1.29 is 18.4 Å². The predicted octanol–water partition coefficient (Wildman–Crippen LogP) is 6.40. The lowest BCUT2D eigenvalue weighted by Gasteiger charge is -2.50. The normalized spacial score (nSPS) is 32.8. The molecule has 9 heteroatoms. The fraction of sp³-hybridized carbons (Fsp3) is 0.758. The molecule has 2 bridgehead atoms. The summed E-state index contributed by atoms with van der Waals surface area (Å²) in [5, 5.41) is 0. The Kier molecular flexibility index (Phi) is 9.16. The number of amides is 3. The van der Waals surface area contributed by atoms with Crippen LogP contribution in [0.15, 0.2) is 30.3 Å². The molecule has 6 rings (SSSR count). The summed E-state index contributed by atoms with van der Waals surface area (Å²) in [5.74, 6) is 1.01. The molecule has 234 valence electrons. The molecule has 4 heterocycles. The van der Waals surface area contributed by atoms with Gasteiger partial charge in [-0.25, -0.2) is 13.6 Å². The molecule has 1 spiro atoms. The molecule has 4 atom stereocenters. The van der Waals surface area contributed by atoms with Gasteiger partial charge >= 0.3 is 6.03 Å². The first-order valence-electron chi connectivity index (χ1n) is 16.1. The number of fused-ring (bicyclic) bond motifs is 2. The molecule has 1 aliphatic carbocycles. The van der Waals surface area contributed by atoms with Gasteiger partial charge in [0.05, 0.1) is 12.1 Å². The third kappa shape index (κ3) is 5.67. The molecule has 0 aromatic heterocycles. The standard InChI is InChI=1S/C33H48F2N4O2.ClH/c1-23(2)39-31(41)37(21-29(34)35)22-33(39)16-26-12-13-27(17-33)38(26)19-25-18-36(20-28(25)24-10-6-4-7-11-24)30(40)32(3)14-8-5-9-15-32;/h4,6-7,10-11,23,25-29H,5,8-9,12-22H2,1-3H3;1H/t25-,26?,27?,28-,33?;/m1./s1. The average Bonchev–Trinajstić information content (AvgIpc) is 3.54. The first-order valence-corrected chi connectivity index (χ1v) is 16.1. The van der Waals surface area contributed by atoms with Gasteiger partial charge in [-0.05, 0) is 63.9 Å². The van der Waals surface area contributed by atoms with E-state index in [1.165, 1.54) is 16.9 Å². The van der Waals surface area contributed by atoms with E-state index in [1.807, 2.05) is 18.7 Å². The van der Waals surface area contributed by atoms with Crippen molar-refractivity contribution in [2.45, 2.75) is 115 Å². The summed E-state index contributed by atoms with van der Waals surface area (Å²) in [5.41, 5.74) is 0.719. The van der Waals surface area contributed by atoms with Crippen molar-refractivity contribution in [2.75, 3.05) is 32.7 Å². The van der Waals surface area contributed by atoms with Crippen molar-refractivity contribution in [1.82, 2.24) is 19.6 Å². The van der Waals surface area contributed by atoms with Crippen molar-refractivity contribution in [3.63, 3.8) is 0 Å². The van der Waals surface area contributed by atoms with Gasteiger partial charge in [0.25, 0.3) is 6.43 Å². The Morgan fingerprint density at radius 1 is 1.00 bits per heavy atom. The van der Waals surface area contributed by atoms with E-state index in [0.29, 0.717) is 36.4 Å². The Labute approximate surface area is 256 Å². The highest BCUT2D eigenvalue weighted by Gasteiger charge is 2.58. The second kappa shape index (κ2) is 12.2. The van der Waals surface area contributed by atoms with Crippen LogP contribution in [0.25, 0.3) is 0 Å². The fourth-order valence-corrected chi connectivity index (χ4v) is 9.47. The van der Waals surface area contributed by atoms with Gasteiger partial charge < -0.3 is 14.7 Å². The number of urea groups is 1. The topological polar surface area (TPSA) is 47.1 Å². The molecule has 0 N–H and O–H groups in total. The summed E-state index contributed by atoms with van der Waals surface area (Å²) in [6.07, 6.45) is 6.86. The van der Waals surface area contributed by atoms with Gasteiger partial charge in [0.1, 0.15) is 0 Å². The maximum Gasteiger partial charge on any atom is 0.321 e. The zero-order valence-corrected chi connectivity index (χ0v) is 26.3. The highest BCUT2D eigenvalue weighted by Crippen LogP contribution is 2.49. The van der Waals surface area contributed by atoms with Crippen molar-refractivity contribution in [3.05, 3.63) is 35.9 Å². The van der Waals surface area contributed by atoms with Gasteiger partial charge in [0.2, 0.25) is 5.91 Å². The quantitative estimate of drug-likeness (QED) is 0.361. The predicted molar refractivity (Wildman–Crippen MR) is 163 cm³/mol. The van der Waals surface area contributed by atoms with E-state index in [9.17, 15) is 18.4 Å². The van der Waals surface area contributed by atoms with Crippen LogP contribution in [0.4, 0.5) is 13.6 Å². The maximum atomic E-state index is 13.9. The van der Waals surface area contributed by atoms with Crippen LogP contribution < -0.4 is 0 Å². The number of carbonyl (C=O) groups excluding carboxylic acids is 2. The van der Waals surface area contributed by atoms with Gasteiger partial charge in [-0.1, -0.05) is 56.5 Å². The Morgan fingerprint density at radius 3 is 2.24 bits per heavy atom. The molecular weight excluding hydrogens is 558 g/mol. The van der Waals surface area contributed by atoms with Gasteiger partial charge in [-0.3, -0.25) is 9.69 Å². The van der Waals surface area contributed by atoms with Crippen molar-refractivity contribution in [2.24, 2.45) is 11.3 Å². The van der Waals surface area contributed by atoms with E-state index in [4.69, 9.17) is 0 Å². The number of hydrogen-bond acceptors (Lipinski definition) is 3. The number of halogens is 3. The summed E-state index contributed by atoms with van der Waals surface area (Å²) in [4.78, 5) is 35.4. The van der Waals surface area contributed by atoms with E-state index in [-0.39, 0.29) is 35.4 Å². The number of alkyl halides is 2. The lowest BCUT2D eigenvalue weighted by molar-refractivity contribution is -0.142. The monoisotopic (exact) mass is 606 g/mol. The minimum Gasteiger partial charge on any atom is -0.341 e. The van der Waals surface area contributed by atoms with Crippen LogP contribution in [0.3, 0.4) is 0 Å². The largest absolute Gasteiger partial charge is 0.341 e. The molecule has 6 nitrogen and oxygen atoms in total. The zero-order valence-electron chi connectivity index (χ0n) is 25.5. The second-order valence-electron chi connectivity index (χ2n) is 14.3. The van der Waals surface area contributed by atoms with Crippen molar-refractivity contribution >= 4 is 24.3 Å². The van der Waals surface area contributed by atoms with E-state index in [2.05, 4.69) is 47.1 Å². The smallest absolute Gasteiger partial charge is 0.321 e. The number of rotatable bonds is 7. The van der Waals surface area contributed by atoms with Crippen LogP contribution in [-0.4, -0.2) is 94.4 Å². The summed E-state index contributed by atoms with van der Waals surface area (Å²) in [7, 11) is 0. The average molecular weight is 607 g/mol. The number of likely N-dealkylation sites (tertiary alicyclic amines) is 1. The lowest BCUT2D eigenvalue weighted by atomic mass is 9.74. The highest BCUT2D eigenvalue weighted by atomic mass is 35.5. The van der Waals surface area contributed by atoms with Gasteiger partial charge in [0, 0.05) is 55.6 Å². The summed E-state index contributed by atoms with van der Waals surface area (Å²) < 4.78 is 26.7. The molecule has 4 saturated heterocycles. The van der Waals surface area contributed by atoms with Gasteiger partial charge in [-0.2, -0.15) is 0 Å². The number of hydrogen-bond donors (Lipinski definition) is 0. The maximum absolute atomic E-state index is 13.9. The van der Waals surface area contributed by atoms with Crippen LogP contribution >= 0.6 is 12.4 Å². The molecule has 0 radical (unpaired) electrons. The van der Waals surface area contributed by atoms with Crippen molar-refractivity contribution in [1.29, 1.82) is 0 Å². The Hall–Kier alpha value is -1.93. The first kappa shape index (κ1) is 31.5. The molecular formula is C33H49ClF2N4O2. The number of carbonyl (C=O) groups is 2. The van der Waals surface area contributed by atoms with E-state index >= 15 is 0 Å². The molecule has 42 heavy (non-hydrogen) atoms. The molecule has 3 amide bonds. The van der Waals surface area contributed by atoms with Crippen LogP contribution in [0, 0.1) is 11.3 Å². The van der Waals surface area contributed by atoms with Crippen LogP contribution in [0.2, 0.25) is 0 Å². The number of piperidine rings is 1. The Balaban J connectivity index is 0.00000353. The minimum absolute atomic E-state index is 0. The fourth-order valence-electron chi connectivity index (χ4n) is 9.47. The molecule has 1 saturated carbocycles. The molecule has 2 unspecified atom stereocenters. The first-order chi connectivity index (χ1) is 19.6. The van der Waals surface area contributed by atoms with Gasteiger partial charge in [0.15, 0.2) is 0 Å². The second-order valence-corrected chi connectivity index (χ2v) is 14.3. The number of nitrogens with zero attached hydrogens (tertiary/aromatic N) is 4. The minimum atomic E-state index is -2.52. The third-order valence-corrected chi connectivity index (χ3v) is 11.2. The summed E-state index contributed by atoms with van der Waals surface area (Å²) in [6.45, 7) is 8.68. The van der Waals surface area contributed by atoms with E-state index in [0.717, 1.165) is 71.0 Å². The zero-order chi connectivity index (χ0) is 28.9. The molecule has 1 aromatic rings. The van der Waals surface area contributed by atoms with Crippen LogP contribution in [-0.2, 0) is 4.79 Å². The molecule has 4 aliphatic heterocycles. The summed E-state index contributed by atoms with van der Waals surface area (Å²) in [6, 6.07) is 11.1. The highest BCUT2D eigenvalue weighted by molar-refractivity contribution is 5.85. The molecule has 5 fully saturated rings. The Bertz CT molecular complexity index is 1100. The molecule has 5 aliphatic rings. The van der Waals surface area contributed by atoms with Crippen LogP contribution in [0.5, 0.6) is 0 Å². The van der Waals surface area contributed by atoms with E-state index < -0.39 is 13.0 Å². The lowest BCUT2D eigenvalue weighted by Crippen LogP contribution is -2.60. The SMILES string of the molecule is CC(C)N1C(=O)N(CC(F)F)CC12CC1CCC(C2)N1C[C@H]1CN(C(=O)C2(C)CCCCC2)C[C@@H]1c1ccccc1.Cl. The molecule has 1 aromatic carbocycles. The van der Waals surface area contributed by atoms with E-state index in [1.54, 1.807) is 0 Å². The Morgan fingerprint density at radius 2 is 1.64 bits per heavy atom. The van der Waals surface area contributed by atoms with Crippen LogP contribution in [0.1, 0.15) is 90.0 Å². The summed E-state index contributed by atoms with van der Waals surface area (Å²) >= 11 is 0.